The Morgan fingerprint density at radius 2 is 2.26 bits per heavy atom. The topological polar surface area (TPSA) is 71.8 Å². The molecular weight excluding hydrogens is 242 g/mol. The number of rotatable bonds is 4. The van der Waals surface area contributed by atoms with Crippen molar-refractivity contribution in [3.63, 3.8) is 0 Å². The van der Waals surface area contributed by atoms with Crippen LogP contribution in [0.25, 0.3) is 0 Å². The molecule has 0 aromatic carbocycles. The SMILES string of the molecule is O=C(CCn1cncn1)NC1CC[C@H]2CNC[C@H]2C1. The molecule has 1 aromatic rings. The molecule has 0 bridgehead atoms. The van der Waals surface area contributed by atoms with Crippen molar-refractivity contribution >= 4 is 5.91 Å². The molecule has 3 atom stereocenters. The van der Waals surface area contributed by atoms with Crippen LogP contribution < -0.4 is 10.6 Å². The van der Waals surface area contributed by atoms with Crippen LogP contribution in [-0.4, -0.2) is 39.8 Å². The predicted molar refractivity (Wildman–Crippen MR) is 70.3 cm³/mol. The van der Waals surface area contributed by atoms with Crippen LogP contribution in [0.15, 0.2) is 12.7 Å². The number of aromatic nitrogens is 3. The molecule has 2 aliphatic rings. The van der Waals surface area contributed by atoms with Gasteiger partial charge >= 0.3 is 0 Å². The first kappa shape index (κ1) is 12.6. The first-order valence-electron chi connectivity index (χ1n) is 7.14. The van der Waals surface area contributed by atoms with E-state index in [9.17, 15) is 4.79 Å². The zero-order valence-corrected chi connectivity index (χ0v) is 11.1. The van der Waals surface area contributed by atoms with Crippen LogP contribution in [0.2, 0.25) is 0 Å². The summed E-state index contributed by atoms with van der Waals surface area (Å²) in [5.41, 5.74) is 0. The lowest BCUT2D eigenvalue weighted by atomic mass is 9.79. The minimum atomic E-state index is 0.130. The Labute approximate surface area is 113 Å². The van der Waals surface area contributed by atoms with Crippen molar-refractivity contribution in [2.45, 2.75) is 38.3 Å². The van der Waals surface area contributed by atoms with Gasteiger partial charge in [-0.25, -0.2) is 4.98 Å². The van der Waals surface area contributed by atoms with Crippen LogP contribution in [-0.2, 0) is 11.3 Å². The van der Waals surface area contributed by atoms with Gasteiger partial charge in [-0.15, -0.1) is 0 Å². The fourth-order valence-corrected chi connectivity index (χ4v) is 3.29. The number of nitrogens with one attached hydrogen (secondary N) is 2. The van der Waals surface area contributed by atoms with E-state index in [1.54, 1.807) is 11.0 Å². The summed E-state index contributed by atoms with van der Waals surface area (Å²) in [7, 11) is 0. The number of carbonyl (C=O) groups is 1. The van der Waals surface area contributed by atoms with Gasteiger partial charge in [0, 0.05) is 12.5 Å². The molecule has 2 heterocycles. The van der Waals surface area contributed by atoms with E-state index < -0.39 is 0 Å². The molecule has 1 unspecified atom stereocenters. The molecule has 1 saturated heterocycles. The summed E-state index contributed by atoms with van der Waals surface area (Å²) in [6.45, 7) is 2.89. The smallest absolute Gasteiger partial charge is 0.222 e. The van der Waals surface area contributed by atoms with Crippen molar-refractivity contribution in [3.05, 3.63) is 12.7 Å². The molecule has 2 N–H and O–H groups in total. The van der Waals surface area contributed by atoms with E-state index >= 15 is 0 Å². The van der Waals surface area contributed by atoms with E-state index in [0.717, 1.165) is 37.8 Å². The first-order chi connectivity index (χ1) is 9.31. The number of hydrogen-bond acceptors (Lipinski definition) is 4. The first-order valence-corrected chi connectivity index (χ1v) is 7.14. The van der Waals surface area contributed by atoms with Gasteiger partial charge in [-0.1, -0.05) is 0 Å². The van der Waals surface area contributed by atoms with Crippen molar-refractivity contribution in [1.82, 2.24) is 25.4 Å². The number of fused-ring (bicyclic) bond motifs is 1. The van der Waals surface area contributed by atoms with E-state index in [2.05, 4.69) is 20.7 Å². The summed E-state index contributed by atoms with van der Waals surface area (Å²) in [4.78, 5) is 15.8. The molecule has 104 valence electrons. The fraction of sp³-hybridized carbons (Fsp3) is 0.769. The maximum atomic E-state index is 11.9. The number of carbonyl (C=O) groups excluding carboxylic acids is 1. The van der Waals surface area contributed by atoms with E-state index in [1.807, 2.05) is 0 Å². The Morgan fingerprint density at radius 1 is 1.37 bits per heavy atom. The molecule has 0 spiro atoms. The summed E-state index contributed by atoms with van der Waals surface area (Å²) in [5.74, 6) is 1.72. The highest BCUT2D eigenvalue weighted by molar-refractivity contribution is 5.76. The van der Waals surface area contributed by atoms with Crippen LogP contribution in [0.4, 0.5) is 0 Å². The standard InChI is InChI=1S/C13H21N5O/c19-13(3-4-18-9-15-8-16-18)17-12-2-1-10-6-14-7-11(10)5-12/h8-12,14H,1-7H2,(H,17,19)/t10-,11+,12?/m0/s1. The Balaban J connectivity index is 1.42. The van der Waals surface area contributed by atoms with Gasteiger partial charge in [-0.05, 0) is 44.2 Å². The molecule has 1 amide bonds. The number of hydrogen-bond donors (Lipinski definition) is 2. The van der Waals surface area contributed by atoms with Gasteiger partial charge in [0.2, 0.25) is 5.91 Å². The number of aryl methyl sites for hydroxylation is 1. The van der Waals surface area contributed by atoms with Crippen LogP contribution in [0.5, 0.6) is 0 Å². The third kappa shape index (κ3) is 3.12. The number of nitrogens with zero attached hydrogens (tertiary/aromatic N) is 3. The molecule has 3 rings (SSSR count). The molecule has 1 aliphatic heterocycles. The molecule has 6 heteroatoms. The van der Waals surface area contributed by atoms with Crippen LogP contribution in [0.1, 0.15) is 25.7 Å². The fourth-order valence-electron chi connectivity index (χ4n) is 3.29. The predicted octanol–water partition coefficient (Wildman–Crippen LogP) is 0.173. The summed E-state index contributed by atoms with van der Waals surface area (Å²) in [6.07, 6.45) is 7.11. The maximum absolute atomic E-state index is 11.9. The average molecular weight is 263 g/mol. The maximum Gasteiger partial charge on any atom is 0.222 e. The van der Waals surface area contributed by atoms with Crippen molar-refractivity contribution < 1.29 is 4.79 Å². The van der Waals surface area contributed by atoms with E-state index in [-0.39, 0.29) is 5.91 Å². The molecular formula is C13H21N5O. The molecule has 1 aliphatic carbocycles. The molecule has 1 aromatic heterocycles. The van der Waals surface area contributed by atoms with Gasteiger partial charge in [0.1, 0.15) is 12.7 Å². The minimum Gasteiger partial charge on any atom is -0.353 e. The quantitative estimate of drug-likeness (QED) is 0.812. The van der Waals surface area contributed by atoms with E-state index in [4.69, 9.17) is 0 Å². The third-order valence-electron chi connectivity index (χ3n) is 4.35. The Bertz CT molecular complexity index is 419. The monoisotopic (exact) mass is 263 g/mol. The van der Waals surface area contributed by atoms with E-state index in [0.29, 0.717) is 19.0 Å². The van der Waals surface area contributed by atoms with Crippen molar-refractivity contribution in [2.75, 3.05) is 13.1 Å². The second-order valence-corrected chi connectivity index (χ2v) is 5.66. The third-order valence-corrected chi connectivity index (χ3v) is 4.35. The summed E-state index contributed by atoms with van der Waals surface area (Å²) < 4.78 is 1.69. The van der Waals surface area contributed by atoms with Gasteiger partial charge in [-0.2, -0.15) is 5.10 Å². The second-order valence-electron chi connectivity index (χ2n) is 5.66. The van der Waals surface area contributed by atoms with E-state index in [1.165, 1.54) is 12.7 Å². The lowest BCUT2D eigenvalue weighted by molar-refractivity contribution is -0.122. The van der Waals surface area contributed by atoms with Gasteiger partial charge in [-0.3, -0.25) is 9.48 Å². The highest BCUT2D eigenvalue weighted by atomic mass is 16.1. The van der Waals surface area contributed by atoms with Gasteiger partial charge in [0.25, 0.3) is 0 Å². The molecule has 1 saturated carbocycles. The summed E-state index contributed by atoms with van der Waals surface area (Å²) >= 11 is 0. The average Bonchev–Trinajstić information content (AvgIpc) is 3.07. The molecule has 2 fully saturated rings. The molecule has 6 nitrogen and oxygen atoms in total. The van der Waals surface area contributed by atoms with Crippen LogP contribution in [0.3, 0.4) is 0 Å². The van der Waals surface area contributed by atoms with Gasteiger partial charge in [0.05, 0.1) is 6.54 Å². The van der Waals surface area contributed by atoms with Gasteiger partial charge < -0.3 is 10.6 Å². The van der Waals surface area contributed by atoms with Crippen molar-refractivity contribution in [2.24, 2.45) is 11.8 Å². The lowest BCUT2D eigenvalue weighted by Gasteiger charge is -2.31. The molecule has 0 radical (unpaired) electrons. The van der Waals surface area contributed by atoms with Crippen molar-refractivity contribution in [3.8, 4) is 0 Å². The van der Waals surface area contributed by atoms with Crippen molar-refractivity contribution in [1.29, 1.82) is 0 Å². The largest absolute Gasteiger partial charge is 0.353 e. The van der Waals surface area contributed by atoms with Gasteiger partial charge in [0.15, 0.2) is 0 Å². The zero-order valence-electron chi connectivity index (χ0n) is 11.1. The Morgan fingerprint density at radius 3 is 3.11 bits per heavy atom. The minimum absolute atomic E-state index is 0.130. The van der Waals surface area contributed by atoms with Crippen LogP contribution in [0, 0.1) is 11.8 Å². The number of amides is 1. The zero-order chi connectivity index (χ0) is 13.1. The lowest BCUT2D eigenvalue weighted by Crippen LogP contribution is -2.40. The summed E-state index contributed by atoms with van der Waals surface area (Å²) in [6, 6.07) is 0.365. The highest BCUT2D eigenvalue weighted by Crippen LogP contribution is 2.32. The molecule has 19 heavy (non-hydrogen) atoms. The summed E-state index contributed by atoms with van der Waals surface area (Å²) in [5, 5.41) is 10.6. The Kier molecular flexibility index (Phi) is 3.77. The Hall–Kier alpha value is -1.43. The second kappa shape index (κ2) is 5.69. The normalized spacial score (nSPS) is 30.0. The van der Waals surface area contributed by atoms with Crippen LogP contribution >= 0.6 is 0 Å². The highest BCUT2D eigenvalue weighted by Gasteiger charge is 2.34.